The van der Waals surface area contributed by atoms with Gasteiger partial charge < -0.3 is 5.32 Å². The van der Waals surface area contributed by atoms with Crippen LogP contribution in [0.25, 0.3) is 10.4 Å². The number of thiophene rings is 1. The van der Waals surface area contributed by atoms with Gasteiger partial charge in [-0.1, -0.05) is 18.0 Å². The Morgan fingerprint density at radius 3 is 3.00 bits per heavy atom. The summed E-state index contributed by atoms with van der Waals surface area (Å²) in [7, 11) is 0. The fourth-order valence-corrected chi connectivity index (χ4v) is 3.71. The molecule has 0 aromatic carbocycles. The number of aryl methyl sites for hydroxylation is 1. The van der Waals surface area contributed by atoms with E-state index in [4.69, 9.17) is 11.6 Å². The fraction of sp³-hybridized carbons (Fsp3) is 0.500. The van der Waals surface area contributed by atoms with Gasteiger partial charge in [-0.25, -0.2) is 0 Å². The maximum atomic E-state index is 12.0. The number of hydrogen-bond acceptors (Lipinski definition) is 3. The second kappa shape index (κ2) is 6.16. The number of aromatic amines is 1. The van der Waals surface area contributed by atoms with Crippen LogP contribution >= 0.6 is 22.9 Å². The molecular formula is C14H18ClN3OS. The molecule has 1 fully saturated rings. The lowest BCUT2D eigenvalue weighted by Gasteiger charge is -2.23. The molecule has 2 aromatic rings. The first-order valence-corrected chi connectivity index (χ1v) is 8.20. The van der Waals surface area contributed by atoms with E-state index >= 15 is 0 Å². The van der Waals surface area contributed by atoms with E-state index in [1.165, 1.54) is 30.6 Å². The molecule has 6 heteroatoms. The number of hydrogen-bond donors (Lipinski definition) is 2. The van der Waals surface area contributed by atoms with E-state index in [-0.39, 0.29) is 5.56 Å². The molecule has 3 heterocycles. The van der Waals surface area contributed by atoms with Crippen molar-refractivity contribution in [1.29, 1.82) is 0 Å². The molecule has 0 radical (unpaired) electrons. The predicted octanol–water partition coefficient (Wildman–Crippen LogP) is 3.09. The highest BCUT2D eigenvalue weighted by Gasteiger charge is 2.13. The van der Waals surface area contributed by atoms with Crippen LogP contribution in [-0.2, 0) is 6.54 Å². The molecule has 1 aliphatic rings. The second-order valence-electron chi connectivity index (χ2n) is 5.22. The van der Waals surface area contributed by atoms with E-state index in [0.717, 1.165) is 24.4 Å². The van der Waals surface area contributed by atoms with Gasteiger partial charge in [0.05, 0.1) is 9.90 Å². The number of nitrogens with one attached hydrogen (secondary N) is 2. The van der Waals surface area contributed by atoms with E-state index in [0.29, 0.717) is 15.9 Å². The average Bonchev–Trinajstić information content (AvgIpc) is 3.04. The monoisotopic (exact) mass is 311 g/mol. The van der Waals surface area contributed by atoms with E-state index < -0.39 is 0 Å². The fourth-order valence-electron chi connectivity index (χ4n) is 2.66. The van der Waals surface area contributed by atoms with Crippen molar-refractivity contribution in [3.8, 4) is 10.4 Å². The number of H-pyrrole nitrogens is 1. The third-order valence-corrected chi connectivity index (χ3v) is 5.01. The van der Waals surface area contributed by atoms with Crippen molar-refractivity contribution in [2.45, 2.75) is 38.3 Å². The molecular weight excluding hydrogens is 294 g/mol. The zero-order chi connectivity index (χ0) is 13.9. The highest BCUT2D eigenvalue weighted by molar-refractivity contribution is 7.19. The van der Waals surface area contributed by atoms with Crippen molar-refractivity contribution in [2.75, 3.05) is 6.54 Å². The van der Waals surface area contributed by atoms with Crippen molar-refractivity contribution in [2.24, 2.45) is 0 Å². The summed E-state index contributed by atoms with van der Waals surface area (Å²) in [5.74, 6) is 0. The first kappa shape index (κ1) is 13.9. The van der Waals surface area contributed by atoms with E-state index in [9.17, 15) is 4.79 Å². The molecule has 20 heavy (non-hydrogen) atoms. The molecule has 1 saturated heterocycles. The minimum absolute atomic E-state index is 0.0416. The summed E-state index contributed by atoms with van der Waals surface area (Å²) in [5.41, 5.74) is 0.665. The minimum Gasteiger partial charge on any atom is -0.314 e. The van der Waals surface area contributed by atoms with Crippen molar-refractivity contribution < 1.29 is 0 Å². The Labute approximate surface area is 126 Å². The van der Waals surface area contributed by atoms with Gasteiger partial charge in [0.2, 0.25) is 0 Å². The summed E-state index contributed by atoms with van der Waals surface area (Å²) in [6.07, 6.45) is 6.76. The molecule has 1 atom stereocenters. The number of piperidine rings is 1. The summed E-state index contributed by atoms with van der Waals surface area (Å²) in [4.78, 5) is 12.9. The van der Waals surface area contributed by atoms with Crippen molar-refractivity contribution in [3.63, 3.8) is 0 Å². The van der Waals surface area contributed by atoms with Crippen LogP contribution in [0.1, 0.15) is 25.7 Å². The first-order chi connectivity index (χ1) is 9.72. The Kier molecular flexibility index (Phi) is 4.29. The Balaban J connectivity index is 1.67. The van der Waals surface area contributed by atoms with Crippen LogP contribution in [0.4, 0.5) is 0 Å². The molecule has 0 spiro atoms. The van der Waals surface area contributed by atoms with Gasteiger partial charge in [-0.3, -0.25) is 14.6 Å². The van der Waals surface area contributed by atoms with Crippen LogP contribution < -0.4 is 10.9 Å². The van der Waals surface area contributed by atoms with E-state index in [1.54, 1.807) is 0 Å². The molecule has 0 saturated carbocycles. The summed E-state index contributed by atoms with van der Waals surface area (Å²) in [6, 6.07) is 4.30. The van der Waals surface area contributed by atoms with Gasteiger partial charge in [-0.05, 0) is 37.9 Å². The molecule has 2 aromatic heterocycles. The predicted molar refractivity (Wildman–Crippen MR) is 83.6 cm³/mol. The number of rotatable bonds is 4. The van der Waals surface area contributed by atoms with Gasteiger partial charge in [0.1, 0.15) is 0 Å². The topological polar surface area (TPSA) is 49.8 Å². The highest BCUT2D eigenvalue weighted by atomic mass is 35.5. The molecule has 2 N–H and O–H groups in total. The quantitative estimate of drug-likeness (QED) is 0.911. The standard InChI is InChI=1S/C14H18ClN3OS/c15-13-5-4-12(20-13)11-9-18(17-14(11)19)8-6-10-3-1-2-7-16-10/h4-5,9-10,16H,1-3,6-8H2,(H,17,19). The summed E-state index contributed by atoms with van der Waals surface area (Å²) in [5, 5.41) is 6.41. The highest BCUT2D eigenvalue weighted by Crippen LogP contribution is 2.28. The number of nitrogens with zero attached hydrogens (tertiary/aromatic N) is 1. The van der Waals surface area contributed by atoms with Crippen LogP contribution in [0.2, 0.25) is 4.34 Å². The summed E-state index contributed by atoms with van der Waals surface area (Å²) in [6.45, 7) is 1.96. The molecule has 0 amide bonds. The number of halogens is 1. The smallest absolute Gasteiger partial charge is 0.272 e. The van der Waals surface area contributed by atoms with Gasteiger partial charge in [0.15, 0.2) is 0 Å². The lowest BCUT2D eigenvalue weighted by Crippen LogP contribution is -2.34. The largest absolute Gasteiger partial charge is 0.314 e. The Morgan fingerprint density at radius 2 is 2.30 bits per heavy atom. The van der Waals surface area contributed by atoms with Gasteiger partial charge in [-0.15, -0.1) is 11.3 Å². The average molecular weight is 312 g/mol. The van der Waals surface area contributed by atoms with Crippen LogP contribution in [0.3, 0.4) is 0 Å². The normalized spacial score (nSPS) is 19.4. The van der Waals surface area contributed by atoms with Gasteiger partial charge >= 0.3 is 0 Å². The van der Waals surface area contributed by atoms with Crippen LogP contribution in [0.15, 0.2) is 23.1 Å². The van der Waals surface area contributed by atoms with Gasteiger partial charge in [-0.2, -0.15) is 0 Å². The molecule has 1 aliphatic heterocycles. The van der Waals surface area contributed by atoms with Crippen LogP contribution in [-0.4, -0.2) is 22.4 Å². The molecule has 3 rings (SSSR count). The molecule has 0 aliphatic carbocycles. The van der Waals surface area contributed by atoms with E-state index in [1.807, 2.05) is 23.0 Å². The summed E-state index contributed by atoms with van der Waals surface area (Å²) >= 11 is 7.36. The maximum Gasteiger partial charge on any atom is 0.272 e. The van der Waals surface area contributed by atoms with E-state index in [2.05, 4.69) is 10.4 Å². The molecule has 0 bridgehead atoms. The van der Waals surface area contributed by atoms with Gasteiger partial charge in [0.25, 0.3) is 5.56 Å². The van der Waals surface area contributed by atoms with Crippen LogP contribution in [0, 0.1) is 0 Å². The SMILES string of the molecule is O=c1[nH]n(CCC2CCCCN2)cc1-c1ccc(Cl)s1. The lowest BCUT2D eigenvalue weighted by atomic mass is 10.0. The summed E-state index contributed by atoms with van der Waals surface area (Å²) < 4.78 is 2.60. The van der Waals surface area contributed by atoms with Crippen LogP contribution in [0.5, 0.6) is 0 Å². The van der Waals surface area contributed by atoms with Crippen molar-refractivity contribution >= 4 is 22.9 Å². The lowest BCUT2D eigenvalue weighted by molar-refractivity contribution is 0.360. The third kappa shape index (κ3) is 3.16. The van der Waals surface area contributed by atoms with Crippen molar-refractivity contribution in [1.82, 2.24) is 15.1 Å². The zero-order valence-electron chi connectivity index (χ0n) is 11.2. The minimum atomic E-state index is -0.0416. The second-order valence-corrected chi connectivity index (χ2v) is 6.93. The Morgan fingerprint density at radius 1 is 1.40 bits per heavy atom. The third-order valence-electron chi connectivity index (χ3n) is 3.74. The molecule has 4 nitrogen and oxygen atoms in total. The maximum absolute atomic E-state index is 12.0. The first-order valence-electron chi connectivity index (χ1n) is 7.01. The molecule has 108 valence electrons. The Bertz CT molecular complexity index is 624. The number of aromatic nitrogens is 2. The molecule has 1 unspecified atom stereocenters. The van der Waals surface area contributed by atoms with Crippen molar-refractivity contribution in [3.05, 3.63) is 33.0 Å². The zero-order valence-corrected chi connectivity index (χ0v) is 12.8. The Hall–Kier alpha value is -1.04. The van der Waals surface area contributed by atoms with Gasteiger partial charge in [0, 0.05) is 23.7 Å².